The van der Waals surface area contributed by atoms with Crippen LogP contribution < -0.4 is 39.7 Å². The Morgan fingerprint density at radius 3 is 1.10 bits per heavy atom. The van der Waals surface area contributed by atoms with Gasteiger partial charge in [0.1, 0.15) is 23.0 Å². The van der Waals surface area contributed by atoms with Crippen LogP contribution >= 0.6 is 0 Å². The first-order valence-electron chi connectivity index (χ1n) is 22.2. The molecule has 8 heteroatoms. The van der Waals surface area contributed by atoms with E-state index >= 15 is 0 Å². The first-order valence-corrected chi connectivity index (χ1v) is 24.2. The van der Waals surface area contributed by atoms with Crippen molar-refractivity contribution in [1.29, 1.82) is 5.26 Å². The van der Waals surface area contributed by atoms with E-state index in [1.807, 2.05) is 48.5 Å². The van der Waals surface area contributed by atoms with Gasteiger partial charge in [-0.25, -0.2) is 0 Å². The van der Waals surface area contributed by atoms with E-state index in [4.69, 9.17) is 18.9 Å². The summed E-state index contributed by atoms with van der Waals surface area (Å²) < 4.78 is 28.1. The molecule has 0 aliphatic carbocycles. The van der Waals surface area contributed by atoms with Crippen molar-refractivity contribution in [3.8, 4) is 51.6 Å². The molecule has 0 spiro atoms. The smallest absolute Gasteiger partial charge is 0.179 e. The summed E-state index contributed by atoms with van der Waals surface area (Å²) in [5, 5.41) is 18.7. The van der Waals surface area contributed by atoms with Gasteiger partial charge in [0, 0.05) is 21.5 Å². The lowest BCUT2D eigenvalue weighted by Crippen LogP contribution is -2.74. The molecule has 0 radical (unpaired) electrons. The van der Waals surface area contributed by atoms with Crippen molar-refractivity contribution in [1.82, 2.24) is 9.13 Å². The topological polar surface area (TPSA) is 70.6 Å². The molecule has 0 aliphatic heterocycles. The highest BCUT2D eigenvalue weighted by molar-refractivity contribution is 7.20. The van der Waals surface area contributed by atoms with Crippen molar-refractivity contribution in [3.63, 3.8) is 0 Å². The molecule has 0 atom stereocenters. The second-order valence-electron chi connectivity index (χ2n) is 16.7. The molecule has 0 saturated heterocycles. The van der Waals surface area contributed by atoms with Crippen LogP contribution in [0.5, 0.6) is 23.0 Å². The SMILES string of the molecule is COc1ccc2c(c1)c1cc(OC)ccc1n2-c1ccc([Si](c2ccccc2)(c2ccccc2)c2ccc(-c3ccc(C#N)cc3)cc2)cc1-n1c2ccc(OC)cc2c2cc(OC)ccc21. The van der Waals surface area contributed by atoms with Crippen molar-refractivity contribution in [3.05, 3.63) is 206 Å². The predicted octanol–water partition coefficient (Wildman–Crippen LogP) is 10.8. The number of ether oxygens (including phenoxy) is 4. The summed E-state index contributed by atoms with van der Waals surface area (Å²) >= 11 is 0. The van der Waals surface area contributed by atoms with Gasteiger partial charge < -0.3 is 28.1 Å². The average Bonchev–Trinajstić information content (AvgIpc) is 3.90. The monoisotopic (exact) mass is 887 g/mol. The van der Waals surface area contributed by atoms with Gasteiger partial charge in [0.2, 0.25) is 0 Å². The van der Waals surface area contributed by atoms with Gasteiger partial charge in [-0.15, -0.1) is 0 Å². The fourth-order valence-electron chi connectivity index (χ4n) is 10.1. The van der Waals surface area contributed by atoms with E-state index < -0.39 is 8.07 Å². The maximum absolute atomic E-state index is 9.51. The Balaban J connectivity index is 1.28. The molecule has 0 aliphatic rings. The Hall–Kier alpha value is -8.51. The largest absolute Gasteiger partial charge is 0.497 e. The lowest BCUT2D eigenvalue weighted by Gasteiger charge is -2.35. The number of nitrogens with zero attached hydrogens (tertiary/aromatic N) is 3. The number of rotatable bonds is 11. The van der Waals surface area contributed by atoms with Gasteiger partial charge in [0.05, 0.1) is 73.5 Å². The third-order valence-corrected chi connectivity index (χ3v) is 18.1. The van der Waals surface area contributed by atoms with Crippen molar-refractivity contribution < 1.29 is 18.9 Å². The molecule has 67 heavy (non-hydrogen) atoms. The van der Waals surface area contributed by atoms with Gasteiger partial charge in [-0.05, 0) is 129 Å². The van der Waals surface area contributed by atoms with Gasteiger partial charge in [0.15, 0.2) is 8.07 Å². The summed E-state index contributed by atoms with van der Waals surface area (Å²) in [6, 6.07) is 73.6. The number of methoxy groups -OCH3 is 4. The van der Waals surface area contributed by atoms with Crippen LogP contribution in [-0.2, 0) is 0 Å². The fraction of sp³-hybridized carbons (Fsp3) is 0.0678. The summed E-state index contributed by atoms with van der Waals surface area (Å²) in [6.07, 6.45) is 0. The third-order valence-electron chi connectivity index (χ3n) is 13.3. The number of hydrogen-bond acceptors (Lipinski definition) is 5. The van der Waals surface area contributed by atoms with E-state index in [1.54, 1.807) is 28.4 Å². The summed E-state index contributed by atoms with van der Waals surface area (Å²) in [5.74, 6) is 3.11. The van der Waals surface area contributed by atoms with E-state index in [2.05, 4.69) is 167 Å². The predicted molar refractivity (Wildman–Crippen MR) is 275 cm³/mol. The van der Waals surface area contributed by atoms with Crippen molar-refractivity contribution in [2.45, 2.75) is 0 Å². The van der Waals surface area contributed by atoms with Gasteiger partial charge in [-0.3, -0.25) is 0 Å². The minimum absolute atomic E-state index is 0.640. The lowest BCUT2D eigenvalue weighted by atomic mass is 10.0. The van der Waals surface area contributed by atoms with Crippen LogP contribution in [0.4, 0.5) is 0 Å². The second-order valence-corrected chi connectivity index (χ2v) is 20.5. The zero-order valence-electron chi connectivity index (χ0n) is 37.5. The van der Waals surface area contributed by atoms with E-state index in [-0.39, 0.29) is 0 Å². The fourth-order valence-corrected chi connectivity index (χ4v) is 14.9. The van der Waals surface area contributed by atoms with Gasteiger partial charge >= 0.3 is 0 Å². The molecule has 7 nitrogen and oxygen atoms in total. The molecule has 0 saturated carbocycles. The molecular weight excluding hydrogens is 843 g/mol. The highest BCUT2D eigenvalue weighted by Crippen LogP contribution is 2.41. The number of fused-ring (bicyclic) bond motifs is 6. The second kappa shape index (κ2) is 16.8. The van der Waals surface area contributed by atoms with E-state index in [1.165, 1.54) is 20.7 Å². The Kier molecular flexibility index (Phi) is 10.3. The van der Waals surface area contributed by atoms with Crippen molar-refractivity contribution in [2.75, 3.05) is 28.4 Å². The highest BCUT2D eigenvalue weighted by atomic mass is 28.3. The first kappa shape index (κ1) is 41.2. The molecule has 0 unspecified atom stereocenters. The van der Waals surface area contributed by atoms with E-state index in [0.29, 0.717) is 5.56 Å². The van der Waals surface area contributed by atoms with Crippen molar-refractivity contribution >= 4 is 72.4 Å². The van der Waals surface area contributed by atoms with Crippen LogP contribution in [0.2, 0.25) is 0 Å². The first-order chi connectivity index (χ1) is 33.0. The molecule has 0 N–H and O–H groups in total. The molecule has 11 rings (SSSR count). The molecular formula is C59H45N3O4Si. The number of hydrogen-bond donors (Lipinski definition) is 0. The molecule has 2 heterocycles. The van der Waals surface area contributed by atoms with Crippen LogP contribution in [0, 0.1) is 11.3 Å². The Bertz CT molecular complexity index is 3520. The molecule has 0 bridgehead atoms. The maximum Gasteiger partial charge on any atom is 0.179 e. The van der Waals surface area contributed by atoms with Crippen LogP contribution in [-0.4, -0.2) is 45.6 Å². The maximum atomic E-state index is 9.51. The van der Waals surface area contributed by atoms with Gasteiger partial charge in [0.25, 0.3) is 0 Å². The molecule has 2 aromatic heterocycles. The third kappa shape index (κ3) is 6.70. The number of aromatic nitrogens is 2. The molecule has 9 aromatic carbocycles. The summed E-state index contributed by atoms with van der Waals surface area (Å²) in [6.45, 7) is 0. The van der Waals surface area contributed by atoms with Crippen LogP contribution in [0.25, 0.3) is 66.1 Å². The Morgan fingerprint density at radius 2 is 0.716 bits per heavy atom. The van der Waals surface area contributed by atoms with E-state index in [0.717, 1.165) is 89.1 Å². The molecule has 0 fully saturated rings. The Morgan fingerprint density at radius 1 is 0.358 bits per heavy atom. The summed E-state index contributed by atoms with van der Waals surface area (Å²) in [4.78, 5) is 0. The number of nitriles is 1. The van der Waals surface area contributed by atoms with Crippen LogP contribution in [0.1, 0.15) is 5.56 Å². The summed E-state index contributed by atoms with van der Waals surface area (Å²) in [7, 11) is 3.71. The lowest BCUT2D eigenvalue weighted by molar-refractivity contribution is 0.415. The quantitative estimate of drug-likeness (QED) is 0.0956. The van der Waals surface area contributed by atoms with Crippen LogP contribution in [0.15, 0.2) is 200 Å². The minimum atomic E-state index is -3.13. The zero-order chi connectivity index (χ0) is 45.6. The Labute approximate surface area is 389 Å². The highest BCUT2D eigenvalue weighted by Gasteiger charge is 2.42. The minimum Gasteiger partial charge on any atom is -0.497 e. The van der Waals surface area contributed by atoms with Crippen molar-refractivity contribution in [2.24, 2.45) is 0 Å². The average molecular weight is 888 g/mol. The number of benzene rings is 9. The van der Waals surface area contributed by atoms with Gasteiger partial charge in [-0.2, -0.15) is 5.26 Å². The standard InChI is InChI=1S/C59H45N3O4Si/c1-63-42-21-28-54-50(33-42)51-34-43(64-2)22-29-55(51)61(54)58-32-27-49(37-59(58)62-56-30-23-44(65-3)35-52(56)53-36-45(66-4)24-31-57(53)62)67(46-11-7-5-8-12-46,47-13-9-6-10-14-47)48-25-19-41(20-26-48)40-17-15-39(38-60)16-18-40/h5-37H,1-4H3. The van der Waals surface area contributed by atoms with Crippen LogP contribution in [0.3, 0.4) is 0 Å². The van der Waals surface area contributed by atoms with Gasteiger partial charge in [-0.1, -0.05) is 103 Å². The molecule has 324 valence electrons. The normalized spacial score (nSPS) is 11.6. The summed E-state index contributed by atoms with van der Waals surface area (Å²) in [5.41, 5.74) is 8.94. The molecule has 0 amide bonds. The molecule has 11 aromatic rings. The zero-order valence-corrected chi connectivity index (χ0v) is 38.5. The van der Waals surface area contributed by atoms with E-state index in [9.17, 15) is 5.26 Å².